The van der Waals surface area contributed by atoms with E-state index >= 15 is 0 Å². The second-order valence-corrected chi connectivity index (χ2v) is 6.75. The van der Waals surface area contributed by atoms with E-state index in [0.717, 1.165) is 31.1 Å². The number of hydrogen-bond acceptors (Lipinski definition) is 2. The highest BCUT2D eigenvalue weighted by atomic mass is 16.2. The SMILES string of the molecule is CN1C(=O)[C@@]2(CCN(CC3CCC3)C2)c2ccccc21. The van der Waals surface area contributed by atoms with Gasteiger partial charge in [-0.05, 0) is 43.4 Å². The lowest BCUT2D eigenvalue weighted by Crippen LogP contribution is -2.42. The van der Waals surface area contributed by atoms with Crippen molar-refractivity contribution in [1.82, 2.24) is 4.90 Å². The molecule has 1 amide bonds. The molecule has 3 aliphatic rings. The molecule has 1 aromatic rings. The smallest absolute Gasteiger partial charge is 0.238 e. The standard InChI is InChI=1S/C17H22N2O/c1-18-15-8-3-2-7-14(15)17(16(18)20)9-10-19(12-17)11-13-5-4-6-13/h2-3,7-8,13H,4-6,9-12H2,1H3/t17-/m1/s1. The number of fused-ring (bicyclic) bond motifs is 2. The van der Waals surface area contributed by atoms with Crippen molar-refractivity contribution < 1.29 is 4.79 Å². The molecule has 20 heavy (non-hydrogen) atoms. The monoisotopic (exact) mass is 270 g/mol. The minimum absolute atomic E-state index is 0.255. The van der Waals surface area contributed by atoms with Crippen LogP contribution in [-0.4, -0.2) is 37.5 Å². The van der Waals surface area contributed by atoms with Gasteiger partial charge in [-0.2, -0.15) is 0 Å². The van der Waals surface area contributed by atoms with Gasteiger partial charge in [0.25, 0.3) is 0 Å². The molecular formula is C17H22N2O. The zero-order valence-electron chi connectivity index (χ0n) is 12.1. The maximum atomic E-state index is 12.8. The number of rotatable bonds is 2. The van der Waals surface area contributed by atoms with Crippen molar-refractivity contribution in [2.45, 2.75) is 31.1 Å². The van der Waals surface area contributed by atoms with Crippen molar-refractivity contribution in [2.24, 2.45) is 5.92 Å². The number of carbonyl (C=O) groups is 1. The molecular weight excluding hydrogens is 248 g/mol. The van der Waals surface area contributed by atoms with Crippen LogP contribution >= 0.6 is 0 Å². The van der Waals surface area contributed by atoms with E-state index in [1.807, 2.05) is 18.0 Å². The van der Waals surface area contributed by atoms with Crippen molar-refractivity contribution in [3.8, 4) is 0 Å². The van der Waals surface area contributed by atoms with Gasteiger partial charge in [0.15, 0.2) is 0 Å². The summed E-state index contributed by atoms with van der Waals surface area (Å²) in [6.07, 6.45) is 5.15. The molecule has 0 unspecified atom stereocenters. The predicted molar refractivity (Wildman–Crippen MR) is 79.9 cm³/mol. The fourth-order valence-corrected chi connectivity index (χ4v) is 4.20. The molecule has 4 rings (SSSR count). The number of anilines is 1. The predicted octanol–water partition coefficient (Wildman–Crippen LogP) is 2.41. The Morgan fingerprint density at radius 1 is 1.30 bits per heavy atom. The van der Waals surface area contributed by atoms with Crippen LogP contribution in [-0.2, 0) is 10.2 Å². The molecule has 1 saturated carbocycles. The van der Waals surface area contributed by atoms with Crippen LogP contribution in [0.1, 0.15) is 31.2 Å². The van der Waals surface area contributed by atoms with Crippen molar-refractivity contribution in [2.75, 3.05) is 31.6 Å². The van der Waals surface area contributed by atoms with E-state index in [2.05, 4.69) is 23.1 Å². The van der Waals surface area contributed by atoms with Crippen LogP contribution in [0.15, 0.2) is 24.3 Å². The van der Waals surface area contributed by atoms with Crippen LogP contribution in [0.25, 0.3) is 0 Å². The van der Waals surface area contributed by atoms with Crippen molar-refractivity contribution in [3.05, 3.63) is 29.8 Å². The minimum Gasteiger partial charge on any atom is -0.314 e. The third kappa shape index (κ3) is 1.59. The highest BCUT2D eigenvalue weighted by molar-refractivity contribution is 6.08. The molecule has 2 fully saturated rings. The average molecular weight is 270 g/mol. The molecule has 0 N–H and O–H groups in total. The van der Waals surface area contributed by atoms with Gasteiger partial charge in [-0.15, -0.1) is 0 Å². The van der Waals surface area contributed by atoms with Gasteiger partial charge in [0.1, 0.15) is 0 Å². The molecule has 0 radical (unpaired) electrons. The first kappa shape index (κ1) is 12.4. The van der Waals surface area contributed by atoms with Gasteiger partial charge in [0.2, 0.25) is 5.91 Å². The second-order valence-electron chi connectivity index (χ2n) is 6.75. The number of nitrogens with zero attached hydrogens (tertiary/aromatic N) is 2. The van der Waals surface area contributed by atoms with E-state index in [1.54, 1.807) is 0 Å². The van der Waals surface area contributed by atoms with E-state index in [9.17, 15) is 4.79 Å². The molecule has 106 valence electrons. The first-order chi connectivity index (χ1) is 9.71. The van der Waals surface area contributed by atoms with Crippen molar-refractivity contribution in [1.29, 1.82) is 0 Å². The van der Waals surface area contributed by atoms with Gasteiger partial charge < -0.3 is 9.80 Å². The minimum atomic E-state index is -0.255. The fraction of sp³-hybridized carbons (Fsp3) is 0.588. The lowest BCUT2D eigenvalue weighted by Gasteiger charge is -2.31. The molecule has 0 bridgehead atoms. The summed E-state index contributed by atoms with van der Waals surface area (Å²) in [5.41, 5.74) is 2.11. The highest BCUT2D eigenvalue weighted by Crippen LogP contribution is 2.47. The van der Waals surface area contributed by atoms with Crippen molar-refractivity contribution >= 4 is 11.6 Å². The van der Waals surface area contributed by atoms with Crippen LogP contribution in [0.3, 0.4) is 0 Å². The van der Waals surface area contributed by atoms with Crippen molar-refractivity contribution in [3.63, 3.8) is 0 Å². The third-order valence-corrected chi connectivity index (χ3v) is 5.58. The number of likely N-dealkylation sites (N-methyl/N-ethyl adjacent to an activating group) is 1. The molecule has 3 heteroatoms. The van der Waals surface area contributed by atoms with E-state index in [4.69, 9.17) is 0 Å². The van der Waals surface area contributed by atoms with E-state index in [-0.39, 0.29) is 5.41 Å². The molecule has 2 aliphatic heterocycles. The third-order valence-electron chi connectivity index (χ3n) is 5.58. The number of carbonyl (C=O) groups excluding carboxylic acids is 1. The molecule has 1 saturated heterocycles. The Hall–Kier alpha value is -1.35. The quantitative estimate of drug-likeness (QED) is 0.824. The second kappa shape index (κ2) is 4.32. The Kier molecular flexibility index (Phi) is 2.68. The van der Waals surface area contributed by atoms with Gasteiger partial charge in [-0.1, -0.05) is 24.6 Å². The van der Waals surface area contributed by atoms with E-state index in [0.29, 0.717) is 5.91 Å². The van der Waals surface area contributed by atoms with Crippen LogP contribution in [0.5, 0.6) is 0 Å². The van der Waals surface area contributed by atoms with Crippen LogP contribution < -0.4 is 4.90 Å². The summed E-state index contributed by atoms with van der Waals surface area (Å²) in [6.45, 7) is 3.19. The number of hydrogen-bond donors (Lipinski definition) is 0. The Bertz CT molecular complexity index is 552. The summed E-state index contributed by atoms with van der Waals surface area (Å²) in [7, 11) is 1.92. The largest absolute Gasteiger partial charge is 0.314 e. The van der Waals surface area contributed by atoms with Gasteiger partial charge in [-0.25, -0.2) is 0 Å². The molecule has 1 aliphatic carbocycles. The van der Waals surface area contributed by atoms with Crippen LogP contribution in [0, 0.1) is 5.92 Å². The first-order valence-corrected chi connectivity index (χ1v) is 7.81. The average Bonchev–Trinajstić information content (AvgIpc) is 2.94. The Morgan fingerprint density at radius 2 is 2.10 bits per heavy atom. The summed E-state index contributed by atoms with van der Waals surface area (Å²) >= 11 is 0. The van der Waals surface area contributed by atoms with E-state index < -0.39 is 0 Å². The summed E-state index contributed by atoms with van der Waals surface area (Å²) in [5, 5.41) is 0. The molecule has 1 aromatic carbocycles. The van der Waals surface area contributed by atoms with Gasteiger partial charge >= 0.3 is 0 Å². The van der Waals surface area contributed by atoms with Gasteiger partial charge in [0.05, 0.1) is 5.41 Å². The number of para-hydroxylation sites is 1. The van der Waals surface area contributed by atoms with Gasteiger partial charge in [-0.3, -0.25) is 4.79 Å². The molecule has 1 atom stereocenters. The number of benzene rings is 1. The zero-order valence-corrected chi connectivity index (χ0v) is 12.1. The maximum Gasteiger partial charge on any atom is 0.238 e. The first-order valence-electron chi connectivity index (χ1n) is 7.81. The summed E-state index contributed by atoms with van der Waals surface area (Å²) < 4.78 is 0. The Labute approximate surface area is 120 Å². The zero-order chi connectivity index (χ0) is 13.7. The highest BCUT2D eigenvalue weighted by Gasteiger charge is 2.53. The fourth-order valence-electron chi connectivity index (χ4n) is 4.20. The summed E-state index contributed by atoms with van der Waals surface area (Å²) in [4.78, 5) is 17.2. The number of likely N-dealkylation sites (tertiary alicyclic amines) is 1. The summed E-state index contributed by atoms with van der Waals surface area (Å²) in [6, 6.07) is 8.34. The molecule has 3 nitrogen and oxygen atoms in total. The molecule has 2 heterocycles. The van der Waals surface area contributed by atoms with Crippen LogP contribution in [0.4, 0.5) is 5.69 Å². The van der Waals surface area contributed by atoms with Crippen LogP contribution in [0.2, 0.25) is 0 Å². The lowest BCUT2D eigenvalue weighted by atomic mass is 9.80. The molecule has 0 aromatic heterocycles. The Morgan fingerprint density at radius 3 is 2.85 bits per heavy atom. The maximum absolute atomic E-state index is 12.8. The van der Waals surface area contributed by atoms with Gasteiger partial charge in [0, 0.05) is 25.8 Å². The number of amides is 1. The summed E-state index contributed by atoms with van der Waals surface area (Å²) in [5.74, 6) is 1.18. The van der Waals surface area contributed by atoms with E-state index in [1.165, 1.54) is 31.4 Å². The Balaban J connectivity index is 1.62. The normalized spacial score (nSPS) is 30.1. The molecule has 1 spiro atoms. The topological polar surface area (TPSA) is 23.6 Å². The lowest BCUT2D eigenvalue weighted by molar-refractivity contribution is -0.122.